The lowest BCUT2D eigenvalue weighted by molar-refractivity contribution is -0.116. The molecular formula is C18H12Cl2F2N2O2. The quantitative estimate of drug-likeness (QED) is 0.619. The van der Waals surface area contributed by atoms with Crippen LogP contribution < -0.4 is 5.32 Å². The van der Waals surface area contributed by atoms with Crippen molar-refractivity contribution in [2.45, 2.75) is 12.8 Å². The normalized spacial score (nSPS) is 10.8. The number of nitrogens with zero attached hydrogens (tertiary/aromatic N) is 1. The van der Waals surface area contributed by atoms with Gasteiger partial charge < -0.3 is 9.73 Å². The van der Waals surface area contributed by atoms with E-state index in [0.717, 1.165) is 12.1 Å². The number of carbonyl (C=O) groups is 1. The summed E-state index contributed by atoms with van der Waals surface area (Å²) in [6.07, 6.45) is 1.47. The van der Waals surface area contributed by atoms with Crippen molar-refractivity contribution in [2.24, 2.45) is 0 Å². The molecule has 0 spiro atoms. The second kappa shape index (κ2) is 7.85. The molecule has 0 atom stereocenters. The summed E-state index contributed by atoms with van der Waals surface area (Å²) in [5.41, 5.74) is 0.220. The molecule has 0 bridgehead atoms. The summed E-state index contributed by atoms with van der Waals surface area (Å²) in [6.45, 7) is 0. The lowest BCUT2D eigenvalue weighted by Gasteiger charge is -2.05. The van der Waals surface area contributed by atoms with E-state index >= 15 is 0 Å². The number of rotatable bonds is 5. The SMILES string of the molecule is O=C(CCc1ncc(-c2c(F)cccc2F)o1)Nc1ccc(Cl)c(Cl)c1. The predicted molar refractivity (Wildman–Crippen MR) is 95.3 cm³/mol. The molecule has 0 radical (unpaired) electrons. The van der Waals surface area contributed by atoms with Crippen LogP contribution in [0, 0.1) is 11.6 Å². The lowest BCUT2D eigenvalue weighted by Crippen LogP contribution is -2.12. The fourth-order valence-corrected chi connectivity index (χ4v) is 2.59. The van der Waals surface area contributed by atoms with Crippen LogP contribution in [-0.4, -0.2) is 10.9 Å². The molecule has 0 fully saturated rings. The molecule has 0 saturated heterocycles. The topological polar surface area (TPSA) is 55.1 Å². The Kier molecular flexibility index (Phi) is 5.54. The van der Waals surface area contributed by atoms with Crippen LogP contribution in [0.25, 0.3) is 11.3 Å². The number of hydrogen-bond acceptors (Lipinski definition) is 3. The Hall–Kier alpha value is -2.44. The fourth-order valence-electron chi connectivity index (χ4n) is 2.29. The van der Waals surface area contributed by atoms with E-state index in [4.69, 9.17) is 27.6 Å². The third-order valence-electron chi connectivity index (χ3n) is 3.53. The van der Waals surface area contributed by atoms with E-state index in [1.807, 2.05) is 0 Å². The van der Waals surface area contributed by atoms with Gasteiger partial charge in [0.25, 0.3) is 0 Å². The summed E-state index contributed by atoms with van der Waals surface area (Å²) >= 11 is 11.7. The average Bonchev–Trinajstić information content (AvgIpc) is 3.05. The van der Waals surface area contributed by atoms with E-state index < -0.39 is 11.6 Å². The molecule has 1 aromatic heterocycles. The van der Waals surface area contributed by atoms with Crippen LogP contribution in [0.1, 0.15) is 12.3 Å². The number of oxazole rings is 1. The fraction of sp³-hybridized carbons (Fsp3) is 0.111. The molecule has 26 heavy (non-hydrogen) atoms. The first-order chi connectivity index (χ1) is 12.4. The summed E-state index contributed by atoms with van der Waals surface area (Å²) in [6, 6.07) is 8.25. The number of aromatic nitrogens is 1. The highest BCUT2D eigenvalue weighted by Crippen LogP contribution is 2.27. The molecule has 3 aromatic rings. The Morgan fingerprint density at radius 1 is 1.12 bits per heavy atom. The Morgan fingerprint density at radius 3 is 2.54 bits per heavy atom. The maximum Gasteiger partial charge on any atom is 0.224 e. The number of hydrogen-bond donors (Lipinski definition) is 1. The number of amides is 1. The summed E-state index contributed by atoms with van der Waals surface area (Å²) in [5, 5.41) is 3.38. The van der Waals surface area contributed by atoms with Gasteiger partial charge in [0.05, 0.1) is 21.8 Å². The number of halogens is 4. The minimum atomic E-state index is -0.745. The third-order valence-corrected chi connectivity index (χ3v) is 4.27. The molecule has 8 heteroatoms. The van der Waals surface area contributed by atoms with Gasteiger partial charge in [-0.1, -0.05) is 29.3 Å². The zero-order valence-corrected chi connectivity index (χ0v) is 14.7. The van der Waals surface area contributed by atoms with Crippen LogP contribution in [0.3, 0.4) is 0 Å². The highest BCUT2D eigenvalue weighted by atomic mass is 35.5. The first kappa shape index (κ1) is 18.4. The van der Waals surface area contributed by atoms with Gasteiger partial charge in [-0.25, -0.2) is 13.8 Å². The van der Waals surface area contributed by atoms with E-state index in [9.17, 15) is 13.6 Å². The largest absolute Gasteiger partial charge is 0.441 e. The molecule has 0 aliphatic rings. The monoisotopic (exact) mass is 396 g/mol. The summed E-state index contributed by atoms with van der Waals surface area (Å²) in [5.74, 6) is -1.61. The van der Waals surface area contributed by atoms with Gasteiger partial charge >= 0.3 is 0 Å². The van der Waals surface area contributed by atoms with Crippen LogP contribution in [0.15, 0.2) is 47.0 Å². The van der Waals surface area contributed by atoms with Crippen molar-refractivity contribution in [3.63, 3.8) is 0 Å². The van der Waals surface area contributed by atoms with Crippen molar-refractivity contribution < 1.29 is 18.0 Å². The molecule has 1 heterocycles. The van der Waals surface area contributed by atoms with Gasteiger partial charge in [0, 0.05) is 18.5 Å². The van der Waals surface area contributed by atoms with E-state index in [1.165, 1.54) is 18.3 Å². The Morgan fingerprint density at radius 2 is 1.85 bits per heavy atom. The van der Waals surface area contributed by atoms with Gasteiger partial charge in [-0.15, -0.1) is 0 Å². The number of benzene rings is 2. The second-order valence-corrected chi connectivity index (χ2v) is 6.21. The standard InChI is InChI=1S/C18H12Cl2F2N2O2/c19-11-5-4-10(8-12(11)20)24-16(25)6-7-17-23-9-15(26-17)18-13(21)2-1-3-14(18)22/h1-5,8-9H,6-7H2,(H,24,25). The Labute approximate surface area is 157 Å². The Bertz CT molecular complexity index is 940. The molecule has 0 aliphatic heterocycles. The minimum Gasteiger partial charge on any atom is -0.441 e. The molecule has 1 amide bonds. The van der Waals surface area contributed by atoms with Crippen molar-refractivity contribution in [1.82, 2.24) is 4.98 Å². The third kappa shape index (κ3) is 4.20. The zero-order valence-electron chi connectivity index (χ0n) is 13.2. The molecule has 134 valence electrons. The number of carbonyl (C=O) groups excluding carboxylic acids is 1. The van der Waals surface area contributed by atoms with Crippen molar-refractivity contribution in [3.8, 4) is 11.3 Å². The number of anilines is 1. The van der Waals surface area contributed by atoms with E-state index in [-0.39, 0.29) is 36.0 Å². The van der Waals surface area contributed by atoms with Crippen LogP contribution in [0.4, 0.5) is 14.5 Å². The van der Waals surface area contributed by atoms with Gasteiger partial charge in [-0.2, -0.15) is 0 Å². The first-order valence-electron chi connectivity index (χ1n) is 7.58. The van der Waals surface area contributed by atoms with Crippen LogP contribution in [0.5, 0.6) is 0 Å². The van der Waals surface area contributed by atoms with Gasteiger partial charge in [0.15, 0.2) is 11.7 Å². The lowest BCUT2D eigenvalue weighted by atomic mass is 10.1. The van der Waals surface area contributed by atoms with E-state index in [2.05, 4.69) is 10.3 Å². The zero-order chi connectivity index (χ0) is 18.7. The van der Waals surface area contributed by atoms with E-state index in [0.29, 0.717) is 15.7 Å². The van der Waals surface area contributed by atoms with Gasteiger partial charge in [-0.05, 0) is 30.3 Å². The van der Waals surface area contributed by atoms with Crippen LogP contribution >= 0.6 is 23.2 Å². The number of aryl methyl sites for hydroxylation is 1. The molecule has 0 saturated carbocycles. The van der Waals surface area contributed by atoms with Crippen LogP contribution in [-0.2, 0) is 11.2 Å². The molecule has 0 unspecified atom stereocenters. The molecule has 0 aliphatic carbocycles. The second-order valence-electron chi connectivity index (χ2n) is 5.39. The highest BCUT2D eigenvalue weighted by molar-refractivity contribution is 6.42. The molecule has 3 rings (SSSR count). The van der Waals surface area contributed by atoms with Crippen molar-refractivity contribution in [3.05, 3.63) is 70.2 Å². The Balaban J connectivity index is 1.63. The van der Waals surface area contributed by atoms with Crippen molar-refractivity contribution in [1.29, 1.82) is 0 Å². The van der Waals surface area contributed by atoms with Gasteiger partial charge in [0.2, 0.25) is 5.91 Å². The first-order valence-corrected chi connectivity index (χ1v) is 8.33. The molecule has 4 nitrogen and oxygen atoms in total. The number of nitrogens with one attached hydrogen (secondary N) is 1. The molecule has 1 N–H and O–H groups in total. The highest BCUT2D eigenvalue weighted by Gasteiger charge is 2.16. The maximum absolute atomic E-state index is 13.8. The van der Waals surface area contributed by atoms with Crippen LogP contribution in [0.2, 0.25) is 10.0 Å². The molecular weight excluding hydrogens is 385 g/mol. The molecule has 2 aromatic carbocycles. The summed E-state index contributed by atoms with van der Waals surface area (Å²) in [7, 11) is 0. The van der Waals surface area contributed by atoms with Gasteiger partial charge in [0.1, 0.15) is 11.6 Å². The predicted octanol–water partition coefficient (Wildman–Crippen LogP) is 5.50. The maximum atomic E-state index is 13.8. The summed E-state index contributed by atoms with van der Waals surface area (Å²) < 4.78 is 32.9. The van der Waals surface area contributed by atoms with Gasteiger partial charge in [-0.3, -0.25) is 4.79 Å². The smallest absolute Gasteiger partial charge is 0.224 e. The summed E-state index contributed by atoms with van der Waals surface area (Å²) in [4.78, 5) is 16.0. The van der Waals surface area contributed by atoms with Crippen molar-refractivity contribution in [2.75, 3.05) is 5.32 Å². The van der Waals surface area contributed by atoms with E-state index in [1.54, 1.807) is 12.1 Å². The minimum absolute atomic E-state index is 0.0273. The average molecular weight is 397 g/mol. The van der Waals surface area contributed by atoms with Crippen molar-refractivity contribution >= 4 is 34.8 Å².